The lowest BCUT2D eigenvalue weighted by Gasteiger charge is -2.73. The number of hydrogen-bond donors (Lipinski definition) is 6. The number of rotatable bonds is 6. The summed E-state index contributed by atoms with van der Waals surface area (Å²) in [6.45, 7) is 17.9. The molecule has 1 saturated heterocycles. The van der Waals surface area contributed by atoms with E-state index in [-0.39, 0.29) is 39.4 Å². The first-order valence-corrected chi connectivity index (χ1v) is 19.2. The number of aromatic nitrogens is 3. The van der Waals surface area contributed by atoms with E-state index >= 15 is 0 Å². The molecule has 0 bridgehead atoms. The third-order valence-corrected chi connectivity index (χ3v) is 16.7. The van der Waals surface area contributed by atoms with Gasteiger partial charge in [0.2, 0.25) is 0 Å². The molecular weight excluding hydrogens is 638 g/mol. The maximum absolute atomic E-state index is 13.0. The zero-order chi connectivity index (χ0) is 36.3. The molecule has 5 aliphatic carbocycles. The van der Waals surface area contributed by atoms with E-state index in [1.165, 1.54) is 4.68 Å². The van der Waals surface area contributed by atoms with Crippen molar-refractivity contribution in [2.75, 3.05) is 6.61 Å². The van der Waals surface area contributed by atoms with Crippen molar-refractivity contribution in [3.8, 4) is 0 Å². The van der Waals surface area contributed by atoms with Crippen LogP contribution in [0, 0.1) is 62.6 Å². The second-order valence-corrected chi connectivity index (χ2v) is 19.0. The first kappa shape index (κ1) is 36.5. The summed E-state index contributed by atoms with van der Waals surface area (Å²) in [6.07, 6.45) is 3.39. The average Bonchev–Trinajstić information content (AvgIpc) is 3.69. The van der Waals surface area contributed by atoms with Gasteiger partial charge in [0, 0.05) is 0 Å². The van der Waals surface area contributed by atoms with Gasteiger partial charge in [0.05, 0.1) is 30.0 Å². The van der Waals surface area contributed by atoms with Gasteiger partial charge in [0.1, 0.15) is 24.4 Å². The fraction of sp³-hybridized carbons (Fsp3) is 0.872. The first-order chi connectivity index (χ1) is 23.4. The number of fused-ring (bicyclic) bond motifs is 7. The maximum atomic E-state index is 13.0. The topological polar surface area (TPSA) is 178 Å². The number of aliphatic hydroxyl groups excluding tert-OH is 5. The molecule has 11 nitrogen and oxygen atoms in total. The van der Waals surface area contributed by atoms with Crippen LogP contribution < -0.4 is 0 Å². The van der Waals surface area contributed by atoms with Crippen molar-refractivity contribution in [3.05, 3.63) is 24.0 Å². The molecule has 0 spiro atoms. The number of carboxylic acid groups (broad SMARTS) is 1. The normalized spacial score (nSPS) is 51.2. The monoisotopic (exact) mass is 699 g/mol. The van der Waals surface area contributed by atoms with Crippen molar-refractivity contribution in [1.82, 2.24) is 15.0 Å². The molecule has 0 amide bonds. The lowest BCUT2D eigenvalue weighted by molar-refractivity contribution is -0.256. The molecule has 6 aliphatic rings. The summed E-state index contributed by atoms with van der Waals surface area (Å²) >= 11 is 0. The van der Waals surface area contributed by atoms with Gasteiger partial charge in [-0.2, -0.15) is 0 Å². The predicted octanol–water partition coefficient (Wildman–Crippen LogP) is 4.12. The smallest absolute Gasteiger partial charge is 0.309 e. The standard InChI is InChI=1S/C39H61N3O8/c1-20(2)23-10-13-39(34(48)49)15-14-37(6)24(28(23)39)8-9-27-36(5)17-21(32(47)35(3,4)26(36)11-12-38(27,37)7)16-22-18-42(41-40-22)33-31(46)30(45)29(44)25(19-43)50-33/h18,21,23-33,43-47H,1,8-17,19H2,2-7H3,(H,48,49)/t21-,23+,24-,25?,26+,27-,28-,29?,30?,31?,32+,33?,36+,37-,38-,39+/m1/s1. The van der Waals surface area contributed by atoms with E-state index in [0.29, 0.717) is 29.9 Å². The van der Waals surface area contributed by atoms with Crippen molar-refractivity contribution < 1.29 is 40.2 Å². The van der Waals surface area contributed by atoms with E-state index in [0.717, 1.165) is 63.4 Å². The molecule has 5 unspecified atom stereocenters. The number of carboxylic acids is 1. The highest BCUT2D eigenvalue weighted by Gasteiger charge is 2.72. The molecule has 6 fully saturated rings. The van der Waals surface area contributed by atoms with Crippen molar-refractivity contribution >= 4 is 5.97 Å². The molecule has 1 aliphatic heterocycles. The van der Waals surface area contributed by atoms with Crippen LogP contribution in [-0.4, -0.2) is 88.7 Å². The molecule has 7 rings (SSSR count). The Kier molecular flexibility index (Phi) is 8.80. The molecule has 50 heavy (non-hydrogen) atoms. The van der Waals surface area contributed by atoms with Gasteiger partial charge in [0.25, 0.3) is 0 Å². The lowest BCUT2D eigenvalue weighted by Crippen LogP contribution is -2.68. The van der Waals surface area contributed by atoms with Gasteiger partial charge in [0.15, 0.2) is 6.23 Å². The predicted molar refractivity (Wildman–Crippen MR) is 184 cm³/mol. The maximum Gasteiger partial charge on any atom is 0.309 e. The third-order valence-electron chi connectivity index (χ3n) is 16.7. The van der Waals surface area contributed by atoms with Crippen LogP contribution in [0.2, 0.25) is 0 Å². The van der Waals surface area contributed by atoms with Crippen molar-refractivity contribution in [3.63, 3.8) is 0 Å². The highest BCUT2D eigenvalue weighted by atomic mass is 16.6. The fourth-order valence-corrected chi connectivity index (χ4v) is 14.2. The Hall–Kier alpha value is -1.89. The van der Waals surface area contributed by atoms with Gasteiger partial charge in [-0.1, -0.05) is 52.0 Å². The van der Waals surface area contributed by atoms with Crippen LogP contribution in [0.3, 0.4) is 0 Å². The van der Waals surface area contributed by atoms with Crippen LogP contribution in [0.1, 0.15) is 111 Å². The van der Waals surface area contributed by atoms with Crippen molar-refractivity contribution in [1.29, 1.82) is 0 Å². The minimum atomic E-state index is -1.51. The minimum Gasteiger partial charge on any atom is -0.481 e. The summed E-state index contributed by atoms with van der Waals surface area (Å²) in [5.41, 5.74) is 0.783. The number of ether oxygens (including phenoxy) is 1. The first-order valence-electron chi connectivity index (χ1n) is 19.2. The lowest BCUT2D eigenvalue weighted by atomic mass is 9.31. The number of allylic oxidation sites excluding steroid dienone is 1. The highest BCUT2D eigenvalue weighted by Crippen LogP contribution is 2.78. The molecule has 5 saturated carbocycles. The van der Waals surface area contributed by atoms with Crippen LogP contribution in [0.4, 0.5) is 0 Å². The molecule has 1 aromatic rings. The SMILES string of the molecule is C=C(C)[C@@H]1CC[C@]2(C(=O)O)CC[C@]3(C)[C@H](CC[C@@H]4[C@@]5(C)C[C@@H](Cc6cn(C7OC(CO)C(O)C(O)C7O)nn6)[C@H](O)C(C)(C)[C@@H]5CC[C@]43C)[C@@H]12. The summed E-state index contributed by atoms with van der Waals surface area (Å²) in [5, 5.41) is 72.3. The van der Waals surface area contributed by atoms with Crippen molar-refractivity contribution in [2.45, 2.75) is 142 Å². The van der Waals surface area contributed by atoms with Crippen LogP contribution in [0.5, 0.6) is 0 Å². The van der Waals surface area contributed by atoms with Gasteiger partial charge in [-0.05, 0) is 128 Å². The van der Waals surface area contributed by atoms with Crippen LogP contribution in [0.15, 0.2) is 18.3 Å². The van der Waals surface area contributed by atoms with Crippen LogP contribution in [0.25, 0.3) is 0 Å². The van der Waals surface area contributed by atoms with Gasteiger partial charge >= 0.3 is 5.97 Å². The Morgan fingerprint density at radius 1 is 0.940 bits per heavy atom. The van der Waals surface area contributed by atoms with E-state index in [9.17, 15) is 35.4 Å². The minimum absolute atomic E-state index is 0.00928. The number of hydrogen-bond acceptors (Lipinski definition) is 9. The van der Waals surface area contributed by atoms with E-state index in [2.05, 4.69) is 58.4 Å². The molecule has 0 radical (unpaired) electrons. The van der Waals surface area contributed by atoms with Gasteiger partial charge < -0.3 is 35.4 Å². The zero-order valence-electron chi connectivity index (χ0n) is 30.8. The summed E-state index contributed by atoms with van der Waals surface area (Å²) in [7, 11) is 0. The van der Waals surface area contributed by atoms with Gasteiger partial charge in [-0.3, -0.25) is 4.79 Å². The van der Waals surface area contributed by atoms with E-state index in [1.807, 2.05) is 0 Å². The number of nitrogens with zero attached hydrogens (tertiary/aromatic N) is 3. The fourth-order valence-electron chi connectivity index (χ4n) is 14.2. The van der Waals surface area contributed by atoms with E-state index in [4.69, 9.17) is 4.74 Å². The largest absolute Gasteiger partial charge is 0.481 e. The van der Waals surface area contributed by atoms with Gasteiger partial charge in [-0.25, -0.2) is 4.68 Å². The van der Waals surface area contributed by atoms with Crippen molar-refractivity contribution in [2.24, 2.45) is 62.6 Å². The van der Waals surface area contributed by atoms with Crippen LogP contribution >= 0.6 is 0 Å². The molecule has 0 aromatic carbocycles. The molecule has 6 N–H and O–H groups in total. The summed E-state index contributed by atoms with van der Waals surface area (Å²) < 4.78 is 7.05. The highest BCUT2D eigenvalue weighted by molar-refractivity contribution is 5.76. The number of carbonyl (C=O) groups is 1. The molecule has 280 valence electrons. The number of aliphatic carboxylic acids is 1. The Morgan fingerprint density at radius 2 is 1.66 bits per heavy atom. The average molecular weight is 700 g/mol. The summed E-state index contributed by atoms with van der Waals surface area (Å²) in [6, 6.07) is 0. The Bertz CT molecular complexity index is 1500. The summed E-state index contributed by atoms with van der Waals surface area (Å²) in [4.78, 5) is 13.0. The zero-order valence-corrected chi connectivity index (χ0v) is 30.8. The van der Waals surface area contributed by atoms with E-state index < -0.39 is 54.7 Å². The molecule has 1 aromatic heterocycles. The Balaban J connectivity index is 1.17. The Labute approximate surface area is 296 Å². The van der Waals surface area contributed by atoms with E-state index in [1.54, 1.807) is 6.20 Å². The second-order valence-electron chi connectivity index (χ2n) is 19.0. The molecule has 16 atom stereocenters. The number of aliphatic hydroxyl groups is 5. The summed E-state index contributed by atoms with van der Waals surface area (Å²) in [5.74, 6) is 0.791. The molecule has 11 heteroatoms. The third kappa shape index (κ3) is 4.85. The van der Waals surface area contributed by atoms with Crippen LogP contribution in [-0.2, 0) is 16.0 Å². The molecule has 2 heterocycles. The second kappa shape index (κ2) is 12.1. The molecular formula is C39H61N3O8. The Morgan fingerprint density at radius 3 is 2.32 bits per heavy atom. The van der Waals surface area contributed by atoms with Gasteiger partial charge in [-0.15, -0.1) is 5.10 Å². The quantitative estimate of drug-likeness (QED) is 0.237.